The summed E-state index contributed by atoms with van der Waals surface area (Å²) < 4.78 is 0. The number of benzene rings is 1. The largest absolute Gasteiger partial charge is 0.356 e. The summed E-state index contributed by atoms with van der Waals surface area (Å²) in [6.45, 7) is 6.67. The average Bonchev–Trinajstić information content (AvgIpc) is 3.15. The fraction of sp³-hybridized carbons (Fsp3) is 0.619. The van der Waals surface area contributed by atoms with Crippen LogP contribution in [0.15, 0.2) is 29.3 Å². The van der Waals surface area contributed by atoms with Crippen LogP contribution in [0.3, 0.4) is 0 Å². The Morgan fingerprint density at radius 3 is 2.32 bits per heavy atom. The Labute approximate surface area is 186 Å². The van der Waals surface area contributed by atoms with Gasteiger partial charge in [0, 0.05) is 46.2 Å². The predicted molar refractivity (Wildman–Crippen MR) is 125 cm³/mol. The SMILES string of the molecule is CN=C(NCCCC(=O)N1Cc2ccccc2C1)NCCN1CCCCC1.I. The van der Waals surface area contributed by atoms with Crippen LogP contribution in [0.2, 0.25) is 0 Å². The number of hydrogen-bond acceptors (Lipinski definition) is 3. The molecule has 7 heteroatoms. The van der Waals surface area contributed by atoms with Crippen LogP contribution < -0.4 is 10.6 Å². The molecular formula is C21H34IN5O. The van der Waals surface area contributed by atoms with Gasteiger partial charge in [0.2, 0.25) is 5.91 Å². The van der Waals surface area contributed by atoms with E-state index < -0.39 is 0 Å². The molecule has 0 atom stereocenters. The smallest absolute Gasteiger partial charge is 0.223 e. The summed E-state index contributed by atoms with van der Waals surface area (Å²) in [6, 6.07) is 8.31. The molecule has 0 radical (unpaired) electrons. The molecule has 3 rings (SSSR count). The van der Waals surface area contributed by atoms with Crippen LogP contribution in [0.4, 0.5) is 0 Å². The van der Waals surface area contributed by atoms with Crippen LogP contribution in [-0.2, 0) is 17.9 Å². The molecule has 2 heterocycles. The van der Waals surface area contributed by atoms with Crippen LogP contribution >= 0.6 is 24.0 Å². The Morgan fingerprint density at radius 1 is 1.04 bits per heavy atom. The second-order valence-electron chi connectivity index (χ2n) is 7.45. The summed E-state index contributed by atoms with van der Waals surface area (Å²) in [7, 11) is 1.79. The van der Waals surface area contributed by atoms with Crippen molar-refractivity contribution in [2.24, 2.45) is 4.99 Å². The average molecular weight is 499 g/mol. The molecule has 0 unspecified atom stereocenters. The van der Waals surface area contributed by atoms with Gasteiger partial charge in [0.15, 0.2) is 5.96 Å². The second-order valence-corrected chi connectivity index (χ2v) is 7.45. The highest BCUT2D eigenvalue weighted by molar-refractivity contribution is 14.0. The molecule has 0 aromatic heterocycles. The van der Waals surface area contributed by atoms with E-state index in [0.29, 0.717) is 6.42 Å². The van der Waals surface area contributed by atoms with E-state index in [0.717, 1.165) is 45.1 Å². The number of amides is 1. The van der Waals surface area contributed by atoms with Crippen molar-refractivity contribution in [3.8, 4) is 0 Å². The van der Waals surface area contributed by atoms with Crippen LogP contribution in [-0.4, -0.2) is 61.4 Å². The number of nitrogens with zero attached hydrogens (tertiary/aromatic N) is 3. The Kier molecular flexibility index (Phi) is 10.0. The summed E-state index contributed by atoms with van der Waals surface area (Å²) in [6.07, 6.45) is 5.41. The van der Waals surface area contributed by atoms with Crippen molar-refractivity contribution in [2.75, 3.05) is 39.8 Å². The van der Waals surface area contributed by atoms with Crippen molar-refractivity contribution < 1.29 is 4.79 Å². The third kappa shape index (κ3) is 6.92. The summed E-state index contributed by atoms with van der Waals surface area (Å²) in [4.78, 5) is 21.2. The molecule has 0 saturated carbocycles. The number of carbonyl (C=O) groups is 1. The minimum absolute atomic E-state index is 0. The maximum atomic E-state index is 12.4. The first kappa shape index (κ1) is 22.9. The number of halogens is 1. The molecule has 1 amide bonds. The molecular weight excluding hydrogens is 465 g/mol. The zero-order valence-corrected chi connectivity index (χ0v) is 19.3. The summed E-state index contributed by atoms with van der Waals surface area (Å²) >= 11 is 0. The van der Waals surface area contributed by atoms with Crippen molar-refractivity contribution in [3.05, 3.63) is 35.4 Å². The molecule has 2 aliphatic rings. The second kappa shape index (κ2) is 12.3. The fourth-order valence-corrected chi connectivity index (χ4v) is 3.85. The zero-order chi connectivity index (χ0) is 18.9. The van der Waals surface area contributed by atoms with Gasteiger partial charge < -0.3 is 20.4 Å². The molecule has 1 saturated heterocycles. The number of likely N-dealkylation sites (tertiary alicyclic amines) is 1. The standard InChI is InChI=1S/C21H33N5O.HI/c1-22-21(24-12-15-25-13-5-2-6-14-25)23-11-7-10-20(27)26-16-18-8-3-4-9-19(18)17-26;/h3-4,8-9H,2,5-7,10-17H2,1H3,(H2,22,23,24);1H. The number of hydrogen-bond donors (Lipinski definition) is 2. The van der Waals surface area contributed by atoms with Gasteiger partial charge >= 0.3 is 0 Å². The number of aliphatic imine (C=N–C) groups is 1. The minimum atomic E-state index is 0. The van der Waals surface area contributed by atoms with Crippen LogP contribution in [0, 0.1) is 0 Å². The number of nitrogens with one attached hydrogen (secondary N) is 2. The summed E-state index contributed by atoms with van der Waals surface area (Å²) in [5, 5.41) is 6.69. The maximum Gasteiger partial charge on any atom is 0.223 e. The number of piperidine rings is 1. The monoisotopic (exact) mass is 499 g/mol. The van der Waals surface area contributed by atoms with Crippen molar-refractivity contribution in [3.63, 3.8) is 0 Å². The van der Waals surface area contributed by atoms with Gasteiger partial charge in [-0.25, -0.2) is 0 Å². The van der Waals surface area contributed by atoms with E-state index in [1.54, 1.807) is 7.05 Å². The molecule has 0 spiro atoms. The Morgan fingerprint density at radius 2 is 1.68 bits per heavy atom. The number of guanidine groups is 1. The predicted octanol–water partition coefficient (Wildman–Crippen LogP) is 2.58. The first-order valence-electron chi connectivity index (χ1n) is 10.3. The van der Waals surface area contributed by atoms with Crippen molar-refractivity contribution in [1.29, 1.82) is 0 Å². The lowest BCUT2D eigenvalue weighted by molar-refractivity contribution is -0.131. The van der Waals surface area contributed by atoms with E-state index in [9.17, 15) is 4.79 Å². The lowest BCUT2D eigenvalue weighted by Gasteiger charge is -2.26. The van der Waals surface area contributed by atoms with Gasteiger partial charge in [-0.15, -0.1) is 24.0 Å². The summed E-state index contributed by atoms with van der Waals surface area (Å²) in [5.74, 6) is 1.06. The van der Waals surface area contributed by atoms with Gasteiger partial charge in [0.1, 0.15) is 0 Å². The topological polar surface area (TPSA) is 60.0 Å². The van der Waals surface area contributed by atoms with Crippen LogP contribution in [0.5, 0.6) is 0 Å². The minimum Gasteiger partial charge on any atom is -0.356 e. The highest BCUT2D eigenvalue weighted by Crippen LogP contribution is 2.22. The lowest BCUT2D eigenvalue weighted by Crippen LogP contribution is -2.43. The van der Waals surface area contributed by atoms with Gasteiger partial charge in [0.05, 0.1) is 0 Å². The number of carbonyl (C=O) groups excluding carboxylic acids is 1. The Hall–Kier alpha value is -1.35. The Bertz CT molecular complexity index is 620. The molecule has 1 aromatic rings. The van der Waals surface area contributed by atoms with E-state index in [2.05, 4.69) is 32.7 Å². The van der Waals surface area contributed by atoms with E-state index in [-0.39, 0.29) is 29.9 Å². The van der Waals surface area contributed by atoms with Crippen molar-refractivity contribution in [2.45, 2.75) is 45.2 Å². The third-order valence-corrected chi connectivity index (χ3v) is 5.45. The molecule has 156 valence electrons. The maximum absolute atomic E-state index is 12.4. The number of fused-ring (bicyclic) bond motifs is 1. The first-order chi connectivity index (χ1) is 13.3. The molecule has 28 heavy (non-hydrogen) atoms. The quantitative estimate of drug-likeness (QED) is 0.262. The van der Waals surface area contributed by atoms with Gasteiger partial charge in [-0.1, -0.05) is 30.7 Å². The van der Waals surface area contributed by atoms with E-state index in [4.69, 9.17) is 0 Å². The van der Waals surface area contributed by atoms with E-state index >= 15 is 0 Å². The van der Waals surface area contributed by atoms with Crippen molar-refractivity contribution >= 4 is 35.8 Å². The van der Waals surface area contributed by atoms with Gasteiger partial charge in [-0.05, 0) is 43.5 Å². The Balaban J connectivity index is 0.00000280. The summed E-state index contributed by atoms with van der Waals surface area (Å²) in [5.41, 5.74) is 2.56. The zero-order valence-electron chi connectivity index (χ0n) is 17.0. The third-order valence-electron chi connectivity index (χ3n) is 5.45. The van der Waals surface area contributed by atoms with E-state index in [1.807, 2.05) is 17.0 Å². The highest BCUT2D eigenvalue weighted by atomic mass is 127. The van der Waals surface area contributed by atoms with Crippen LogP contribution in [0.1, 0.15) is 43.2 Å². The lowest BCUT2D eigenvalue weighted by atomic mass is 10.1. The van der Waals surface area contributed by atoms with Gasteiger partial charge in [-0.2, -0.15) is 0 Å². The van der Waals surface area contributed by atoms with Crippen LogP contribution in [0.25, 0.3) is 0 Å². The molecule has 6 nitrogen and oxygen atoms in total. The molecule has 1 aromatic carbocycles. The molecule has 0 bridgehead atoms. The molecule has 1 fully saturated rings. The molecule has 0 aliphatic carbocycles. The molecule has 2 aliphatic heterocycles. The first-order valence-corrected chi connectivity index (χ1v) is 10.3. The fourth-order valence-electron chi connectivity index (χ4n) is 3.85. The van der Waals surface area contributed by atoms with Gasteiger partial charge in [0.25, 0.3) is 0 Å². The number of rotatable bonds is 7. The van der Waals surface area contributed by atoms with Crippen molar-refractivity contribution in [1.82, 2.24) is 20.4 Å². The van der Waals surface area contributed by atoms with E-state index in [1.165, 1.54) is 43.5 Å². The normalized spacial score (nSPS) is 17.0. The highest BCUT2D eigenvalue weighted by Gasteiger charge is 2.22. The van der Waals surface area contributed by atoms with Gasteiger partial charge in [-0.3, -0.25) is 9.79 Å². The molecule has 2 N–H and O–H groups in total.